The summed E-state index contributed by atoms with van der Waals surface area (Å²) < 4.78 is 14.1. The van der Waals surface area contributed by atoms with E-state index in [1.54, 1.807) is 24.3 Å². The number of nitrogens with one attached hydrogen (secondary N) is 1. The molecular formula is C15H10FN3O2S. The number of hydrogen-bond donors (Lipinski definition) is 1. The van der Waals surface area contributed by atoms with Crippen LogP contribution in [0.15, 0.2) is 47.5 Å². The van der Waals surface area contributed by atoms with Crippen molar-refractivity contribution in [3.8, 4) is 0 Å². The van der Waals surface area contributed by atoms with Crippen LogP contribution in [0.4, 0.5) is 15.8 Å². The summed E-state index contributed by atoms with van der Waals surface area (Å²) in [4.78, 5) is 15.3. The fourth-order valence-electron chi connectivity index (χ4n) is 2.26. The summed E-state index contributed by atoms with van der Waals surface area (Å²) >= 11 is 5.14. The van der Waals surface area contributed by atoms with Gasteiger partial charge in [-0.2, -0.15) is 0 Å². The molecule has 2 aromatic carbocycles. The zero-order valence-electron chi connectivity index (χ0n) is 11.2. The van der Waals surface area contributed by atoms with Gasteiger partial charge in [-0.1, -0.05) is 24.4 Å². The third-order valence-corrected chi connectivity index (χ3v) is 3.48. The maximum atomic E-state index is 14.1. The van der Waals surface area contributed by atoms with Crippen molar-refractivity contribution in [3.05, 3.63) is 69.5 Å². The molecule has 1 heterocycles. The van der Waals surface area contributed by atoms with Gasteiger partial charge in [0.2, 0.25) is 0 Å². The smallest absolute Gasteiger partial charge is 0.270 e. The summed E-state index contributed by atoms with van der Waals surface area (Å²) in [5, 5.41) is 14.0. The summed E-state index contributed by atoms with van der Waals surface area (Å²) in [6.45, 7) is 0.196. The van der Waals surface area contributed by atoms with E-state index in [4.69, 9.17) is 12.2 Å². The SMILES string of the molecule is O=[N+]([O-])c1ccc2c(c1)C(c1ccccc1F)=NCC(=S)N2. The molecule has 1 aliphatic rings. The molecule has 0 atom stereocenters. The van der Waals surface area contributed by atoms with Gasteiger partial charge in [-0.15, -0.1) is 0 Å². The van der Waals surface area contributed by atoms with Crippen LogP contribution >= 0.6 is 12.2 Å². The van der Waals surface area contributed by atoms with Crippen LogP contribution in [0.1, 0.15) is 11.1 Å². The van der Waals surface area contributed by atoms with Crippen molar-refractivity contribution in [3.63, 3.8) is 0 Å². The zero-order valence-corrected chi connectivity index (χ0v) is 12.1. The molecular weight excluding hydrogens is 305 g/mol. The summed E-state index contributed by atoms with van der Waals surface area (Å²) in [5.74, 6) is -0.438. The van der Waals surface area contributed by atoms with E-state index in [9.17, 15) is 14.5 Å². The molecule has 0 aliphatic carbocycles. The first-order valence-electron chi connectivity index (χ1n) is 6.44. The highest BCUT2D eigenvalue weighted by molar-refractivity contribution is 7.80. The van der Waals surface area contributed by atoms with Crippen molar-refractivity contribution in [2.75, 3.05) is 11.9 Å². The van der Waals surface area contributed by atoms with Gasteiger partial charge in [0.05, 0.1) is 17.2 Å². The topological polar surface area (TPSA) is 67.5 Å². The zero-order chi connectivity index (χ0) is 15.7. The molecule has 0 saturated carbocycles. The number of halogens is 1. The molecule has 0 fully saturated rings. The predicted octanol–water partition coefficient (Wildman–Crippen LogP) is 3.32. The van der Waals surface area contributed by atoms with Gasteiger partial charge < -0.3 is 5.32 Å². The summed E-state index contributed by atoms with van der Waals surface area (Å²) in [6, 6.07) is 10.5. The molecule has 1 aliphatic heterocycles. The molecule has 0 spiro atoms. The van der Waals surface area contributed by atoms with E-state index in [-0.39, 0.29) is 17.8 Å². The van der Waals surface area contributed by atoms with Crippen LogP contribution in [-0.2, 0) is 0 Å². The van der Waals surface area contributed by atoms with Crippen LogP contribution in [0.25, 0.3) is 0 Å². The van der Waals surface area contributed by atoms with Crippen LogP contribution in [-0.4, -0.2) is 22.2 Å². The van der Waals surface area contributed by atoms with Crippen LogP contribution in [0.2, 0.25) is 0 Å². The van der Waals surface area contributed by atoms with Crippen LogP contribution in [0.3, 0.4) is 0 Å². The van der Waals surface area contributed by atoms with E-state index in [0.29, 0.717) is 22.0 Å². The Morgan fingerprint density at radius 3 is 2.73 bits per heavy atom. The Kier molecular flexibility index (Phi) is 3.64. The van der Waals surface area contributed by atoms with Crippen molar-refractivity contribution < 1.29 is 9.31 Å². The lowest BCUT2D eigenvalue weighted by molar-refractivity contribution is -0.384. The maximum absolute atomic E-state index is 14.1. The molecule has 3 rings (SSSR count). The van der Waals surface area contributed by atoms with Crippen LogP contribution in [0, 0.1) is 15.9 Å². The molecule has 0 amide bonds. The quantitative estimate of drug-likeness (QED) is 0.524. The highest BCUT2D eigenvalue weighted by Gasteiger charge is 2.21. The molecule has 110 valence electrons. The fraction of sp³-hybridized carbons (Fsp3) is 0.0667. The van der Waals surface area contributed by atoms with Gasteiger partial charge in [-0.3, -0.25) is 15.1 Å². The molecule has 0 aromatic heterocycles. The molecule has 0 radical (unpaired) electrons. The van der Waals surface area contributed by atoms with Gasteiger partial charge in [-0.25, -0.2) is 4.39 Å². The molecule has 22 heavy (non-hydrogen) atoms. The normalized spacial score (nSPS) is 13.7. The number of hydrogen-bond acceptors (Lipinski definition) is 4. The number of rotatable bonds is 2. The number of nitro groups is 1. The lowest BCUT2D eigenvalue weighted by atomic mass is 9.99. The lowest BCUT2D eigenvalue weighted by Crippen LogP contribution is -2.11. The lowest BCUT2D eigenvalue weighted by Gasteiger charge is -2.10. The van der Waals surface area contributed by atoms with E-state index < -0.39 is 10.7 Å². The average Bonchev–Trinajstić information content (AvgIpc) is 2.65. The Bertz CT molecular complexity index is 820. The van der Waals surface area contributed by atoms with Gasteiger partial charge in [-0.05, 0) is 18.2 Å². The Morgan fingerprint density at radius 1 is 1.23 bits per heavy atom. The predicted molar refractivity (Wildman–Crippen MR) is 86.2 cm³/mol. The first-order valence-corrected chi connectivity index (χ1v) is 6.85. The van der Waals surface area contributed by atoms with Crippen LogP contribution < -0.4 is 5.32 Å². The van der Waals surface area contributed by atoms with Gasteiger partial charge in [0.15, 0.2) is 0 Å². The molecule has 7 heteroatoms. The monoisotopic (exact) mass is 315 g/mol. The summed E-state index contributed by atoms with van der Waals surface area (Å²) in [6.07, 6.45) is 0. The Labute approximate surface area is 130 Å². The van der Waals surface area contributed by atoms with Gasteiger partial charge in [0.1, 0.15) is 10.8 Å². The molecule has 0 unspecified atom stereocenters. The Morgan fingerprint density at radius 2 is 2.00 bits per heavy atom. The number of fused-ring (bicyclic) bond motifs is 1. The second-order valence-corrected chi connectivity index (χ2v) is 5.17. The standard InChI is InChI=1S/C15H10FN3O2S/c16-12-4-2-1-3-10(12)15-11-7-9(19(20)21)5-6-13(11)18-14(22)8-17-15/h1-7H,8H2,(H,18,22). The van der Waals surface area contributed by atoms with Crippen molar-refractivity contribution in [2.24, 2.45) is 4.99 Å². The minimum Gasteiger partial charge on any atom is -0.348 e. The maximum Gasteiger partial charge on any atom is 0.270 e. The van der Waals surface area contributed by atoms with Gasteiger partial charge in [0, 0.05) is 28.9 Å². The van der Waals surface area contributed by atoms with E-state index in [2.05, 4.69) is 10.3 Å². The number of benzene rings is 2. The number of anilines is 1. The Hall–Kier alpha value is -2.67. The second-order valence-electron chi connectivity index (χ2n) is 4.68. The Balaban J connectivity index is 2.23. The molecule has 0 bridgehead atoms. The van der Waals surface area contributed by atoms with E-state index in [1.165, 1.54) is 18.2 Å². The van der Waals surface area contributed by atoms with E-state index in [0.717, 1.165) is 0 Å². The number of aliphatic imine (C=N–C) groups is 1. The van der Waals surface area contributed by atoms with Gasteiger partial charge in [0.25, 0.3) is 5.69 Å². The van der Waals surface area contributed by atoms with Crippen molar-refractivity contribution in [1.29, 1.82) is 0 Å². The number of benzodiazepines with no additional fused rings is 1. The highest BCUT2D eigenvalue weighted by atomic mass is 32.1. The molecule has 2 aromatic rings. The number of thiocarbonyl (C=S) groups is 1. The first-order chi connectivity index (χ1) is 10.6. The second kappa shape index (κ2) is 5.61. The number of nitrogens with zero attached hydrogens (tertiary/aromatic N) is 2. The average molecular weight is 315 g/mol. The van der Waals surface area contributed by atoms with Crippen molar-refractivity contribution in [1.82, 2.24) is 0 Å². The van der Waals surface area contributed by atoms with E-state index in [1.807, 2.05) is 0 Å². The minimum atomic E-state index is -0.498. The number of nitro benzene ring substituents is 1. The molecule has 1 N–H and O–H groups in total. The first kappa shape index (κ1) is 14.3. The van der Waals surface area contributed by atoms with Crippen LogP contribution in [0.5, 0.6) is 0 Å². The minimum absolute atomic E-state index is 0.0857. The van der Waals surface area contributed by atoms with Gasteiger partial charge >= 0.3 is 0 Å². The van der Waals surface area contributed by atoms with Crippen molar-refractivity contribution in [2.45, 2.75) is 0 Å². The van der Waals surface area contributed by atoms with E-state index >= 15 is 0 Å². The third kappa shape index (κ3) is 2.58. The molecule has 0 saturated heterocycles. The fourth-order valence-corrected chi connectivity index (χ4v) is 2.43. The third-order valence-electron chi connectivity index (χ3n) is 3.25. The summed E-state index contributed by atoms with van der Waals surface area (Å²) in [7, 11) is 0. The summed E-state index contributed by atoms with van der Waals surface area (Å²) in [5.41, 5.74) is 1.59. The number of non-ortho nitro benzene ring substituents is 1. The highest BCUT2D eigenvalue weighted by Crippen LogP contribution is 2.28. The van der Waals surface area contributed by atoms with Crippen molar-refractivity contribution >= 4 is 34.3 Å². The largest absolute Gasteiger partial charge is 0.348 e. The molecule has 5 nitrogen and oxygen atoms in total.